The summed E-state index contributed by atoms with van der Waals surface area (Å²) in [6.45, 7) is 3.16. The average Bonchev–Trinajstić information content (AvgIpc) is 3.07. The Morgan fingerprint density at radius 2 is 1.79 bits per heavy atom. The number of rotatable bonds is 6. The second-order valence-corrected chi connectivity index (χ2v) is 7.93. The zero-order chi connectivity index (χ0) is 17.0. The lowest BCUT2D eigenvalue weighted by Crippen LogP contribution is -2.31. The van der Waals surface area contributed by atoms with E-state index < -0.39 is 10.0 Å². The van der Waals surface area contributed by atoms with Crippen LogP contribution in [0.5, 0.6) is 5.75 Å². The molecule has 3 rings (SSSR count). The molecule has 1 saturated heterocycles. The maximum absolute atomic E-state index is 12.9. The Balaban J connectivity index is 1.79. The van der Waals surface area contributed by atoms with Crippen LogP contribution in [-0.2, 0) is 15.8 Å². The zero-order valence-electron chi connectivity index (χ0n) is 13.9. The van der Waals surface area contributed by atoms with E-state index >= 15 is 0 Å². The normalized spacial score (nSPS) is 18.6. The van der Waals surface area contributed by atoms with Crippen molar-refractivity contribution in [1.29, 1.82) is 0 Å². The molecular formula is C19H23NO3S. The van der Waals surface area contributed by atoms with Gasteiger partial charge in [0.2, 0.25) is 10.0 Å². The zero-order valence-corrected chi connectivity index (χ0v) is 14.7. The highest BCUT2D eigenvalue weighted by Crippen LogP contribution is 2.35. The Hall–Kier alpha value is -1.85. The summed E-state index contributed by atoms with van der Waals surface area (Å²) in [7, 11) is -3.33. The van der Waals surface area contributed by atoms with Gasteiger partial charge in [-0.25, -0.2) is 8.42 Å². The van der Waals surface area contributed by atoms with E-state index in [0.717, 1.165) is 29.7 Å². The van der Waals surface area contributed by atoms with Gasteiger partial charge in [-0.1, -0.05) is 42.5 Å². The van der Waals surface area contributed by atoms with E-state index in [-0.39, 0.29) is 11.8 Å². The van der Waals surface area contributed by atoms with E-state index in [4.69, 9.17) is 4.74 Å². The topological polar surface area (TPSA) is 46.6 Å². The van der Waals surface area contributed by atoms with Gasteiger partial charge in [0.1, 0.15) is 5.75 Å². The summed E-state index contributed by atoms with van der Waals surface area (Å²) in [6, 6.07) is 17.1. The minimum absolute atomic E-state index is 0.0569. The summed E-state index contributed by atoms with van der Waals surface area (Å²) in [6.07, 6.45) is 1.76. The largest absolute Gasteiger partial charge is 0.494 e. The highest BCUT2D eigenvalue weighted by Gasteiger charge is 2.35. The third kappa shape index (κ3) is 3.79. The van der Waals surface area contributed by atoms with E-state index in [1.54, 1.807) is 4.31 Å². The summed E-state index contributed by atoms with van der Waals surface area (Å²) in [5.74, 6) is 0.874. The van der Waals surface area contributed by atoms with E-state index in [1.165, 1.54) is 0 Å². The van der Waals surface area contributed by atoms with Gasteiger partial charge >= 0.3 is 0 Å². The third-order valence-corrected chi connectivity index (χ3v) is 6.18. The number of nitrogens with zero attached hydrogens (tertiary/aromatic N) is 1. The Kier molecular flexibility index (Phi) is 5.21. The lowest BCUT2D eigenvalue weighted by molar-refractivity contribution is 0.339. The molecule has 0 N–H and O–H groups in total. The summed E-state index contributed by atoms with van der Waals surface area (Å²) in [5, 5.41) is 0. The quantitative estimate of drug-likeness (QED) is 0.801. The van der Waals surface area contributed by atoms with Gasteiger partial charge in [0.25, 0.3) is 0 Å². The molecule has 5 heteroatoms. The minimum Gasteiger partial charge on any atom is -0.494 e. The van der Waals surface area contributed by atoms with Crippen molar-refractivity contribution >= 4 is 10.0 Å². The second kappa shape index (κ2) is 7.36. The van der Waals surface area contributed by atoms with Crippen LogP contribution in [0, 0.1) is 0 Å². The molecule has 2 aromatic rings. The van der Waals surface area contributed by atoms with Crippen LogP contribution in [0.3, 0.4) is 0 Å². The molecule has 0 aromatic heterocycles. The monoisotopic (exact) mass is 345 g/mol. The SMILES string of the molecule is CCOc1ccc(C2CCCN2S(=O)(=O)Cc2ccccc2)cc1. The van der Waals surface area contributed by atoms with Gasteiger partial charge in [-0.15, -0.1) is 0 Å². The van der Waals surface area contributed by atoms with Crippen molar-refractivity contribution in [1.82, 2.24) is 4.31 Å². The lowest BCUT2D eigenvalue weighted by atomic mass is 10.1. The molecule has 128 valence electrons. The molecule has 0 bridgehead atoms. The van der Waals surface area contributed by atoms with Crippen LogP contribution in [0.2, 0.25) is 0 Å². The Bertz CT molecular complexity index is 757. The van der Waals surface area contributed by atoms with Crippen molar-refractivity contribution in [2.75, 3.05) is 13.2 Å². The van der Waals surface area contributed by atoms with Crippen molar-refractivity contribution in [2.45, 2.75) is 31.6 Å². The van der Waals surface area contributed by atoms with Gasteiger partial charge in [-0.3, -0.25) is 0 Å². The van der Waals surface area contributed by atoms with Crippen LogP contribution in [-0.4, -0.2) is 25.9 Å². The molecular weight excluding hydrogens is 322 g/mol. The molecule has 4 nitrogen and oxygen atoms in total. The molecule has 1 fully saturated rings. The first-order valence-electron chi connectivity index (χ1n) is 8.36. The van der Waals surface area contributed by atoms with Gasteiger partial charge in [0.15, 0.2) is 0 Å². The first kappa shape index (κ1) is 17.0. The summed E-state index contributed by atoms with van der Waals surface area (Å²) in [5.41, 5.74) is 1.86. The van der Waals surface area contributed by atoms with E-state index in [9.17, 15) is 8.42 Å². The number of hydrogen-bond donors (Lipinski definition) is 0. The van der Waals surface area contributed by atoms with Crippen molar-refractivity contribution < 1.29 is 13.2 Å². The Labute approximate surface area is 144 Å². The van der Waals surface area contributed by atoms with Crippen molar-refractivity contribution in [3.63, 3.8) is 0 Å². The molecule has 0 radical (unpaired) electrons. The molecule has 24 heavy (non-hydrogen) atoms. The lowest BCUT2D eigenvalue weighted by Gasteiger charge is -2.24. The number of sulfonamides is 1. The molecule has 1 aliphatic heterocycles. The predicted octanol–water partition coefficient (Wildman–Crippen LogP) is 3.75. The molecule has 0 amide bonds. The summed E-state index contributed by atoms with van der Waals surface area (Å²) < 4.78 is 32.8. The Morgan fingerprint density at radius 1 is 1.08 bits per heavy atom. The summed E-state index contributed by atoms with van der Waals surface area (Å²) in [4.78, 5) is 0. The average molecular weight is 345 g/mol. The van der Waals surface area contributed by atoms with Gasteiger partial charge in [0, 0.05) is 12.6 Å². The fourth-order valence-corrected chi connectivity index (χ4v) is 5.03. The van der Waals surface area contributed by atoms with E-state index in [0.29, 0.717) is 13.2 Å². The Morgan fingerprint density at radius 3 is 2.46 bits per heavy atom. The molecule has 2 aromatic carbocycles. The van der Waals surface area contributed by atoms with Crippen LogP contribution in [0.1, 0.15) is 36.9 Å². The molecule has 1 unspecified atom stereocenters. The van der Waals surface area contributed by atoms with Gasteiger partial charge in [-0.2, -0.15) is 4.31 Å². The molecule has 0 spiro atoms. The molecule has 1 atom stereocenters. The highest BCUT2D eigenvalue weighted by atomic mass is 32.2. The highest BCUT2D eigenvalue weighted by molar-refractivity contribution is 7.88. The first-order valence-corrected chi connectivity index (χ1v) is 9.97. The van der Waals surface area contributed by atoms with E-state index in [1.807, 2.05) is 61.5 Å². The van der Waals surface area contributed by atoms with Crippen LogP contribution in [0.15, 0.2) is 54.6 Å². The molecule has 0 saturated carbocycles. The smallest absolute Gasteiger partial charge is 0.218 e. The van der Waals surface area contributed by atoms with Crippen molar-refractivity contribution in [3.05, 3.63) is 65.7 Å². The van der Waals surface area contributed by atoms with Crippen molar-refractivity contribution in [2.24, 2.45) is 0 Å². The number of benzene rings is 2. The second-order valence-electron chi connectivity index (χ2n) is 6.01. The summed E-state index contributed by atoms with van der Waals surface area (Å²) >= 11 is 0. The fourth-order valence-electron chi connectivity index (χ4n) is 3.23. The maximum atomic E-state index is 12.9. The molecule has 1 heterocycles. The molecule has 0 aliphatic carbocycles. The first-order chi connectivity index (χ1) is 11.6. The third-order valence-electron chi connectivity index (χ3n) is 4.33. The van der Waals surface area contributed by atoms with Crippen molar-refractivity contribution in [3.8, 4) is 5.75 Å². The number of hydrogen-bond acceptors (Lipinski definition) is 3. The van der Waals surface area contributed by atoms with Crippen LogP contribution in [0.4, 0.5) is 0 Å². The predicted molar refractivity (Wildman–Crippen MR) is 95.4 cm³/mol. The van der Waals surface area contributed by atoms with E-state index in [2.05, 4.69) is 0 Å². The van der Waals surface area contributed by atoms with Gasteiger partial charge in [0.05, 0.1) is 12.4 Å². The standard InChI is InChI=1S/C19H23NO3S/c1-2-23-18-12-10-17(11-13-18)19-9-6-14-20(19)24(21,22)15-16-7-4-3-5-8-16/h3-5,7-8,10-13,19H,2,6,9,14-15H2,1H3. The fraction of sp³-hybridized carbons (Fsp3) is 0.368. The maximum Gasteiger partial charge on any atom is 0.218 e. The van der Waals surface area contributed by atoms with Gasteiger partial charge in [-0.05, 0) is 43.0 Å². The number of ether oxygens (including phenoxy) is 1. The van der Waals surface area contributed by atoms with Crippen LogP contribution in [0.25, 0.3) is 0 Å². The molecule has 1 aliphatic rings. The van der Waals surface area contributed by atoms with Gasteiger partial charge < -0.3 is 4.74 Å². The minimum atomic E-state index is -3.33. The van der Waals surface area contributed by atoms with Crippen LogP contribution < -0.4 is 4.74 Å². The van der Waals surface area contributed by atoms with Crippen LogP contribution >= 0.6 is 0 Å².